The largest absolute Gasteiger partial charge is 0.379 e. The van der Waals surface area contributed by atoms with Crippen LogP contribution in [0.3, 0.4) is 0 Å². The van der Waals surface area contributed by atoms with Crippen LogP contribution in [0.25, 0.3) is 10.9 Å². The van der Waals surface area contributed by atoms with E-state index in [0.29, 0.717) is 44.8 Å². The third-order valence-electron chi connectivity index (χ3n) is 7.98. The minimum absolute atomic E-state index is 0.0154. The molecule has 10 heteroatoms. The van der Waals surface area contributed by atoms with E-state index in [2.05, 4.69) is 21.6 Å². The molecule has 6 rings (SSSR count). The van der Waals surface area contributed by atoms with E-state index in [-0.39, 0.29) is 18.4 Å². The summed E-state index contributed by atoms with van der Waals surface area (Å²) in [5.41, 5.74) is 6.23. The minimum atomic E-state index is -0.557. The predicted octanol–water partition coefficient (Wildman–Crippen LogP) is 1.24. The lowest BCUT2D eigenvalue weighted by Crippen LogP contribution is -2.62. The summed E-state index contributed by atoms with van der Waals surface area (Å²) in [6, 6.07) is 14.7. The van der Waals surface area contributed by atoms with Crippen molar-refractivity contribution in [1.29, 1.82) is 0 Å². The van der Waals surface area contributed by atoms with Crippen molar-refractivity contribution in [1.82, 2.24) is 24.7 Å². The lowest BCUT2D eigenvalue weighted by atomic mass is 9.94. The molecule has 0 saturated carbocycles. The van der Waals surface area contributed by atoms with Crippen molar-refractivity contribution in [3.63, 3.8) is 0 Å². The molecule has 3 aliphatic heterocycles. The number of piperazine rings is 1. The molecule has 1 aromatic heterocycles. The normalized spacial score (nSPS) is 20.0. The zero-order valence-corrected chi connectivity index (χ0v) is 21.1. The molecule has 0 radical (unpaired) electrons. The van der Waals surface area contributed by atoms with Gasteiger partial charge in [0.2, 0.25) is 11.8 Å². The number of nitrogens with one attached hydrogen (secondary N) is 1. The monoisotopic (exact) mass is 517 g/mol. The average Bonchev–Trinajstić information content (AvgIpc) is 3.26. The van der Waals surface area contributed by atoms with E-state index in [9.17, 15) is 14.4 Å². The molecule has 2 fully saturated rings. The number of nitrogens with zero attached hydrogens (tertiary/aromatic N) is 4. The molecule has 3 aromatic rings. The molecule has 4 heterocycles. The quantitative estimate of drug-likeness (QED) is 0.376. The van der Waals surface area contributed by atoms with Gasteiger partial charge in [-0.2, -0.15) is 0 Å². The SMILES string of the molecule is O=C(NO)c1ccc(Cn2c3c(c4ccccc42)CC2C(=O)N(CCN4CCOCC4)CC(=O)N2C3)cc1. The van der Waals surface area contributed by atoms with E-state index in [4.69, 9.17) is 9.94 Å². The van der Waals surface area contributed by atoms with E-state index in [0.717, 1.165) is 47.4 Å². The molecule has 10 nitrogen and oxygen atoms in total. The van der Waals surface area contributed by atoms with Gasteiger partial charge in [-0.25, -0.2) is 5.48 Å². The first-order valence-electron chi connectivity index (χ1n) is 13.0. The smallest absolute Gasteiger partial charge is 0.274 e. The lowest BCUT2D eigenvalue weighted by molar-refractivity contribution is -0.157. The molecule has 38 heavy (non-hydrogen) atoms. The van der Waals surface area contributed by atoms with Crippen LogP contribution in [0.15, 0.2) is 48.5 Å². The molecular weight excluding hydrogens is 486 g/mol. The van der Waals surface area contributed by atoms with Gasteiger partial charge in [0.15, 0.2) is 0 Å². The Balaban J connectivity index is 1.27. The highest BCUT2D eigenvalue weighted by Gasteiger charge is 2.43. The molecule has 0 bridgehead atoms. The van der Waals surface area contributed by atoms with Gasteiger partial charge >= 0.3 is 0 Å². The number of ether oxygens (including phenoxy) is 1. The zero-order valence-electron chi connectivity index (χ0n) is 21.1. The predicted molar refractivity (Wildman–Crippen MR) is 139 cm³/mol. The summed E-state index contributed by atoms with van der Waals surface area (Å²) in [6.45, 7) is 5.48. The number of morpholine rings is 1. The number of aromatic nitrogens is 1. The molecule has 3 aliphatic rings. The van der Waals surface area contributed by atoms with Gasteiger partial charge in [-0.15, -0.1) is 0 Å². The molecular formula is C28H31N5O5. The Labute approximate surface area is 220 Å². The maximum atomic E-state index is 13.6. The van der Waals surface area contributed by atoms with Gasteiger partial charge in [0.05, 0.1) is 26.3 Å². The maximum absolute atomic E-state index is 13.6. The minimum Gasteiger partial charge on any atom is -0.379 e. The molecule has 2 N–H and O–H groups in total. The van der Waals surface area contributed by atoms with E-state index in [1.165, 1.54) is 0 Å². The highest BCUT2D eigenvalue weighted by atomic mass is 16.5. The van der Waals surface area contributed by atoms with E-state index >= 15 is 0 Å². The Morgan fingerprint density at radius 2 is 1.76 bits per heavy atom. The van der Waals surface area contributed by atoms with Gasteiger partial charge in [-0.3, -0.25) is 24.5 Å². The van der Waals surface area contributed by atoms with E-state index in [1.54, 1.807) is 27.4 Å². The number of hydrogen-bond acceptors (Lipinski definition) is 6. The van der Waals surface area contributed by atoms with Crippen molar-refractivity contribution < 1.29 is 24.3 Å². The third kappa shape index (κ3) is 4.44. The van der Waals surface area contributed by atoms with Crippen LogP contribution in [0, 0.1) is 0 Å². The van der Waals surface area contributed by atoms with E-state index < -0.39 is 11.9 Å². The number of fused-ring (bicyclic) bond motifs is 4. The van der Waals surface area contributed by atoms with Crippen LogP contribution >= 0.6 is 0 Å². The summed E-state index contributed by atoms with van der Waals surface area (Å²) in [4.78, 5) is 44.3. The molecule has 2 saturated heterocycles. The topological polar surface area (TPSA) is 107 Å². The molecule has 1 atom stereocenters. The molecule has 3 amide bonds. The summed E-state index contributed by atoms with van der Waals surface area (Å²) in [5.74, 6) is -0.546. The van der Waals surface area contributed by atoms with Crippen LogP contribution < -0.4 is 5.48 Å². The summed E-state index contributed by atoms with van der Waals surface area (Å²) in [6.07, 6.45) is 0.497. The average molecular weight is 518 g/mol. The summed E-state index contributed by atoms with van der Waals surface area (Å²) in [7, 11) is 0. The van der Waals surface area contributed by atoms with Gasteiger partial charge in [-0.1, -0.05) is 30.3 Å². The van der Waals surface area contributed by atoms with Crippen molar-refractivity contribution >= 4 is 28.6 Å². The van der Waals surface area contributed by atoms with Gasteiger partial charge in [0.1, 0.15) is 6.04 Å². The van der Waals surface area contributed by atoms with Crippen LogP contribution in [-0.2, 0) is 33.8 Å². The summed E-state index contributed by atoms with van der Waals surface area (Å²) in [5, 5.41) is 9.99. The van der Waals surface area contributed by atoms with Gasteiger partial charge in [0, 0.05) is 61.3 Å². The summed E-state index contributed by atoms with van der Waals surface area (Å²) >= 11 is 0. The second-order valence-electron chi connectivity index (χ2n) is 10.1. The van der Waals surface area contributed by atoms with Crippen LogP contribution in [0.1, 0.15) is 27.2 Å². The summed E-state index contributed by atoms with van der Waals surface area (Å²) < 4.78 is 7.63. The van der Waals surface area contributed by atoms with Crippen molar-refractivity contribution in [3.05, 3.63) is 70.9 Å². The number of para-hydroxylation sites is 1. The molecule has 1 unspecified atom stereocenters. The van der Waals surface area contributed by atoms with Gasteiger partial charge in [-0.05, 0) is 29.3 Å². The van der Waals surface area contributed by atoms with Crippen molar-refractivity contribution in [2.24, 2.45) is 0 Å². The Morgan fingerprint density at radius 3 is 2.53 bits per heavy atom. The second kappa shape index (κ2) is 10.2. The number of hydroxylamine groups is 1. The standard InChI is InChI=1S/C28H31N5O5/c34-26-18-31(10-9-30-11-13-38-14-12-30)28(36)24-15-22-21-3-1-2-4-23(21)32(25(22)17-33(24)26)16-19-5-7-20(8-6-19)27(35)29-37/h1-8,24,37H,9-18H2,(H,29,35). The van der Waals surface area contributed by atoms with Crippen LogP contribution in [0.5, 0.6) is 0 Å². The van der Waals surface area contributed by atoms with Crippen LogP contribution in [0.2, 0.25) is 0 Å². The van der Waals surface area contributed by atoms with Gasteiger partial charge in [0.25, 0.3) is 5.91 Å². The van der Waals surface area contributed by atoms with Gasteiger partial charge < -0.3 is 19.1 Å². The number of rotatable bonds is 6. The Morgan fingerprint density at radius 1 is 1.00 bits per heavy atom. The van der Waals surface area contributed by atoms with Crippen molar-refractivity contribution in [2.45, 2.75) is 25.6 Å². The first-order chi connectivity index (χ1) is 18.5. The Hall–Kier alpha value is -3.73. The molecule has 0 aliphatic carbocycles. The van der Waals surface area contributed by atoms with Crippen molar-refractivity contribution in [2.75, 3.05) is 45.9 Å². The number of amides is 3. The fourth-order valence-corrected chi connectivity index (χ4v) is 5.90. The first kappa shape index (κ1) is 24.6. The fraction of sp³-hybridized carbons (Fsp3) is 0.393. The zero-order chi connectivity index (χ0) is 26.2. The van der Waals surface area contributed by atoms with Crippen LogP contribution in [-0.4, -0.2) is 94.2 Å². The van der Waals surface area contributed by atoms with E-state index in [1.807, 2.05) is 24.3 Å². The molecule has 0 spiro atoms. The van der Waals surface area contributed by atoms with Crippen LogP contribution in [0.4, 0.5) is 0 Å². The number of carbonyl (C=O) groups excluding carboxylic acids is 3. The second-order valence-corrected chi connectivity index (χ2v) is 10.1. The fourth-order valence-electron chi connectivity index (χ4n) is 5.90. The third-order valence-corrected chi connectivity index (χ3v) is 7.98. The van der Waals surface area contributed by atoms with Crippen molar-refractivity contribution in [3.8, 4) is 0 Å². The Kier molecular flexibility index (Phi) is 6.61. The Bertz CT molecular complexity index is 1380. The molecule has 198 valence electrons. The number of benzene rings is 2. The highest BCUT2D eigenvalue weighted by molar-refractivity contribution is 5.97. The number of hydrogen-bond donors (Lipinski definition) is 2. The first-order valence-corrected chi connectivity index (χ1v) is 13.0. The number of carbonyl (C=O) groups is 3. The maximum Gasteiger partial charge on any atom is 0.274 e. The molecule has 2 aromatic carbocycles. The highest BCUT2D eigenvalue weighted by Crippen LogP contribution is 2.35. The lowest BCUT2D eigenvalue weighted by Gasteiger charge is -2.43.